The highest BCUT2D eigenvalue weighted by Gasteiger charge is 2.38. The summed E-state index contributed by atoms with van der Waals surface area (Å²) in [6.45, 7) is 0. The molecule has 3 unspecified atom stereocenters. The van der Waals surface area contributed by atoms with Gasteiger partial charge in [0, 0.05) is 73.8 Å². The smallest absolute Gasteiger partial charge is 0.0626 e. The normalized spacial score (nSPS) is 17.4. The van der Waals surface area contributed by atoms with Crippen molar-refractivity contribution in [2.45, 2.75) is 37.1 Å². The Morgan fingerprint density at radius 3 is 1.86 bits per heavy atom. The molecular formula is C72H56N4. The number of aromatic nitrogens is 1. The van der Waals surface area contributed by atoms with Gasteiger partial charge < -0.3 is 19.3 Å². The van der Waals surface area contributed by atoms with E-state index in [1.54, 1.807) is 0 Å². The Labute approximate surface area is 445 Å². The van der Waals surface area contributed by atoms with E-state index in [0.29, 0.717) is 0 Å². The van der Waals surface area contributed by atoms with Crippen LogP contribution in [0.3, 0.4) is 0 Å². The van der Waals surface area contributed by atoms with Gasteiger partial charge in [-0.25, -0.2) is 0 Å². The van der Waals surface area contributed by atoms with E-state index < -0.39 is 0 Å². The molecule has 0 spiro atoms. The lowest BCUT2D eigenvalue weighted by atomic mass is 9.91. The highest BCUT2D eigenvalue weighted by atomic mass is 15.2. The summed E-state index contributed by atoms with van der Waals surface area (Å²) >= 11 is 0. The third kappa shape index (κ3) is 8.20. The van der Waals surface area contributed by atoms with E-state index >= 15 is 0 Å². The van der Waals surface area contributed by atoms with Crippen LogP contribution in [0.4, 0.5) is 34.1 Å². The molecule has 0 amide bonds. The molecule has 2 heterocycles. The third-order valence-electron chi connectivity index (χ3n) is 15.9. The zero-order valence-electron chi connectivity index (χ0n) is 42.3. The minimum Gasteiger partial charge on any atom is -0.337 e. The number of para-hydroxylation sites is 2. The fraction of sp³-hybridized carbons (Fsp3) is 0.0833. The fourth-order valence-electron chi connectivity index (χ4n) is 12.3. The number of rotatable bonds is 11. The van der Waals surface area contributed by atoms with Gasteiger partial charge in [0.1, 0.15) is 0 Å². The minimum absolute atomic E-state index is 0.263. The van der Waals surface area contributed by atoms with Crippen LogP contribution in [0.5, 0.6) is 0 Å². The lowest BCUT2D eigenvalue weighted by Gasteiger charge is -2.31. The number of allylic oxidation sites excluding steroid dienone is 9. The molecule has 4 heteroatoms. The Morgan fingerprint density at radius 2 is 1.08 bits per heavy atom. The van der Waals surface area contributed by atoms with Crippen LogP contribution >= 0.6 is 0 Å². The van der Waals surface area contributed by atoms with Gasteiger partial charge in [-0.05, 0) is 156 Å². The molecule has 1 aromatic heterocycles. The molecule has 0 fully saturated rings. The van der Waals surface area contributed by atoms with E-state index in [1.165, 1.54) is 55.4 Å². The van der Waals surface area contributed by atoms with Crippen molar-refractivity contribution in [1.29, 1.82) is 0 Å². The monoisotopic (exact) mass is 976 g/mol. The number of benzene rings is 9. The molecule has 9 aromatic carbocycles. The summed E-state index contributed by atoms with van der Waals surface area (Å²) in [5.74, 6) is 0.540. The molecular weight excluding hydrogens is 921 g/mol. The van der Waals surface area contributed by atoms with Crippen molar-refractivity contribution in [1.82, 2.24) is 4.57 Å². The molecule has 3 atom stereocenters. The number of anilines is 6. The van der Waals surface area contributed by atoms with Crippen molar-refractivity contribution in [3.05, 3.63) is 308 Å². The van der Waals surface area contributed by atoms with E-state index in [2.05, 4.69) is 304 Å². The van der Waals surface area contributed by atoms with Gasteiger partial charge in [-0.3, -0.25) is 0 Å². The molecule has 0 radical (unpaired) electrons. The van der Waals surface area contributed by atoms with Gasteiger partial charge >= 0.3 is 0 Å². The Hall–Kier alpha value is -9.38. The van der Waals surface area contributed by atoms with Gasteiger partial charge in [0.15, 0.2) is 0 Å². The molecule has 10 aromatic rings. The van der Waals surface area contributed by atoms with Crippen LogP contribution in [0.15, 0.2) is 297 Å². The van der Waals surface area contributed by atoms with Crippen LogP contribution in [0.2, 0.25) is 0 Å². The van der Waals surface area contributed by atoms with Gasteiger partial charge in [-0.2, -0.15) is 0 Å². The van der Waals surface area contributed by atoms with E-state index in [0.717, 1.165) is 70.2 Å². The molecule has 364 valence electrons. The first-order valence-corrected chi connectivity index (χ1v) is 26.8. The molecule has 1 aliphatic heterocycles. The fourth-order valence-corrected chi connectivity index (χ4v) is 12.3. The predicted octanol–water partition coefficient (Wildman–Crippen LogP) is 19.0. The summed E-state index contributed by atoms with van der Waals surface area (Å²) in [7, 11) is 0. The second-order valence-electron chi connectivity index (χ2n) is 20.3. The maximum absolute atomic E-state index is 2.58. The average molecular weight is 977 g/mol. The van der Waals surface area contributed by atoms with Crippen molar-refractivity contribution in [2.75, 3.05) is 14.7 Å². The lowest BCUT2D eigenvalue weighted by molar-refractivity contribution is 0.701. The molecule has 0 saturated carbocycles. The van der Waals surface area contributed by atoms with Gasteiger partial charge in [-0.1, -0.05) is 182 Å². The van der Waals surface area contributed by atoms with Gasteiger partial charge in [0.2, 0.25) is 0 Å². The molecule has 76 heavy (non-hydrogen) atoms. The van der Waals surface area contributed by atoms with Crippen molar-refractivity contribution in [3.8, 4) is 27.9 Å². The summed E-state index contributed by atoms with van der Waals surface area (Å²) in [5.41, 5.74) is 20.4. The van der Waals surface area contributed by atoms with Crippen LogP contribution in [0, 0.1) is 0 Å². The number of hydrogen-bond acceptors (Lipinski definition) is 3. The van der Waals surface area contributed by atoms with E-state index in [4.69, 9.17) is 0 Å². The number of fused-ring (bicyclic) bond motifs is 6. The van der Waals surface area contributed by atoms with Crippen molar-refractivity contribution in [2.24, 2.45) is 0 Å². The van der Waals surface area contributed by atoms with Crippen LogP contribution in [0.25, 0.3) is 49.7 Å². The SMILES string of the molecule is C1=CCCC(N2c3ccc(N(c4ccc(-c5ccc(N(C6=CC(c7ccccc7)CC=C6)c6ccc7c(c6)c6ccccc6n7-c6ccccc6)cc5)cc4)c4cccc(-c5ccccc5)c4)cc3C3C=CC=CC32)=C1. The highest BCUT2D eigenvalue weighted by Crippen LogP contribution is 2.50. The van der Waals surface area contributed by atoms with Gasteiger partial charge in [0.05, 0.1) is 17.1 Å². The van der Waals surface area contributed by atoms with Crippen molar-refractivity contribution in [3.63, 3.8) is 0 Å². The van der Waals surface area contributed by atoms with Crippen molar-refractivity contribution >= 4 is 55.9 Å². The zero-order valence-corrected chi connectivity index (χ0v) is 42.3. The van der Waals surface area contributed by atoms with Crippen LogP contribution < -0.4 is 14.7 Å². The Kier molecular flexibility index (Phi) is 11.6. The standard InChI is InChI=1S/C72H56N4/c1-5-19-51(20-6-1)55-23-17-29-61(47-55)73(63-43-45-71-67(49-63)65-31-13-15-33-69(65)75(71)57-25-9-3-10-26-57)59-39-35-53(36-40-59)54-37-41-60(42-38-54)74(62-30-18-24-56(48-62)52-21-7-2-8-22-52)64-44-46-72-68(50-64)66-32-14-16-34-70(66)76(72)58-27-11-4-12-28-58/h1-11,13-22,24-27,29-50,55,66,70H,12,23,28H2. The van der Waals surface area contributed by atoms with Gasteiger partial charge in [0.25, 0.3) is 0 Å². The first kappa shape index (κ1) is 45.3. The van der Waals surface area contributed by atoms with Crippen LogP contribution in [0.1, 0.15) is 42.2 Å². The predicted molar refractivity (Wildman–Crippen MR) is 320 cm³/mol. The quantitative estimate of drug-likeness (QED) is 0.128. The van der Waals surface area contributed by atoms with Crippen LogP contribution in [-0.2, 0) is 0 Å². The number of nitrogens with zero attached hydrogens (tertiary/aromatic N) is 4. The summed E-state index contributed by atoms with van der Waals surface area (Å²) in [6, 6.07) is 82.7. The molecule has 0 saturated heterocycles. The van der Waals surface area contributed by atoms with Crippen LogP contribution in [-0.4, -0.2) is 10.6 Å². The highest BCUT2D eigenvalue weighted by molar-refractivity contribution is 6.10. The second kappa shape index (κ2) is 19.5. The van der Waals surface area contributed by atoms with E-state index in [-0.39, 0.29) is 17.9 Å². The summed E-state index contributed by atoms with van der Waals surface area (Å²) in [5, 5.41) is 2.46. The Bertz CT molecular complexity index is 3970. The first-order valence-electron chi connectivity index (χ1n) is 26.8. The summed E-state index contributed by atoms with van der Waals surface area (Å²) in [6.07, 6.45) is 26.2. The topological polar surface area (TPSA) is 14.7 Å². The average Bonchev–Trinajstić information content (AvgIpc) is 4.08. The van der Waals surface area contributed by atoms with Gasteiger partial charge in [-0.15, -0.1) is 0 Å². The molecule has 14 rings (SSSR count). The largest absolute Gasteiger partial charge is 0.337 e. The molecule has 4 aliphatic rings. The minimum atomic E-state index is 0.263. The summed E-state index contributed by atoms with van der Waals surface area (Å²) < 4.78 is 2.39. The Morgan fingerprint density at radius 1 is 0.447 bits per heavy atom. The number of hydrogen-bond donors (Lipinski definition) is 0. The molecule has 0 N–H and O–H groups in total. The maximum atomic E-state index is 2.58. The molecule has 4 nitrogen and oxygen atoms in total. The maximum Gasteiger partial charge on any atom is 0.0626 e. The Balaban J connectivity index is 0.838. The zero-order chi connectivity index (χ0) is 50.4. The molecule has 3 aliphatic carbocycles. The van der Waals surface area contributed by atoms with E-state index in [9.17, 15) is 0 Å². The molecule has 0 bridgehead atoms. The lowest BCUT2D eigenvalue weighted by Crippen LogP contribution is -2.32. The van der Waals surface area contributed by atoms with E-state index in [1.807, 2.05) is 0 Å². The second-order valence-corrected chi connectivity index (χ2v) is 20.3. The van der Waals surface area contributed by atoms with Crippen molar-refractivity contribution < 1.29 is 0 Å². The summed E-state index contributed by atoms with van der Waals surface area (Å²) in [4.78, 5) is 7.46. The first-order chi connectivity index (χ1) is 37.7. The third-order valence-corrected chi connectivity index (χ3v) is 15.9.